The molecule has 2 aromatic rings. The molecule has 26 heavy (non-hydrogen) atoms. The van der Waals surface area contributed by atoms with Crippen LogP contribution in [0, 0.1) is 0 Å². The number of aryl methyl sites for hydroxylation is 1. The highest BCUT2D eigenvalue weighted by Crippen LogP contribution is 2.30. The minimum Gasteiger partial charge on any atom is -0.378 e. The normalized spacial score (nSPS) is 20.0. The molecule has 1 saturated heterocycles. The molecule has 4 rings (SSSR count). The van der Waals surface area contributed by atoms with Gasteiger partial charge in [-0.05, 0) is 12.1 Å². The first-order chi connectivity index (χ1) is 12.6. The lowest BCUT2D eigenvalue weighted by Gasteiger charge is -2.35. The molecule has 2 aromatic heterocycles. The third kappa shape index (κ3) is 3.08. The van der Waals surface area contributed by atoms with Gasteiger partial charge in [0.1, 0.15) is 5.92 Å². The summed E-state index contributed by atoms with van der Waals surface area (Å²) >= 11 is 0. The van der Waals surface area contributed by atoms with Gasteiger partial charge >= 0.3 is 0 Å². The summed E-state index contributed by atoms with van der Waals surface area (Å²) < 4.78 is 7.05. The third-order valence-electron chi connectivity index (χ3n) is 4.85. The van der Waals surface area contributed by atoms with Gasteiger partial charge < -0.3 is 14.5 Å². The third-order valence-corrected chi connectivity index (χ3v) is 4.85. The SMILES string of the molecule is Cn1cc2c(n1)[C@H](C(=O)N1CCOCC1)CN(C(=O)c1cccnc1)C2. The number of carbonyl (C=O) groups excluding carboxylic acids is 2. The predicted octanol–water partition coefficient (Wildman–Crippen LogP) is 0.413. The lowest BCUT2D eigenvalue weighted by Crippen LogP contribution is -2.48. The summed E-state index contributed by atoms with van der Waals surface area (Å²) in [5.41, 5.74) is 2.22. The average molecular weight is 355 g/mol. The molecule has 4 heterocycles. The summed E-state index contributed by atoms with van der Waals surface area (Å²) in [5.74, 6) is -0.553. The summed E-state index contributed by atoms with van der Waals surface area (Å²) in [6, 6.07) is 3.48. The molecule has 2 aliphatic heterocycles. The Kier molecular flexibility index (Phi) is 4.42. The summed E-state index contributed by atoms with van der Waals surface area (Å²) in [7, 11) is 1.84. The Hall–Kier alpha value is -2.74. The molecule has 136 valence electrons. The molecule has 0 radical (unpaired) electrons. The quantitative estimate of drug-likeness (QED) is 0.780. The van der Waals surface area contributed by atoms with Crippen LogP contribution in [0.4, 0.5) is 0 Å². The topological polar surface area (TPSA) is 80.6 Å². The summed E-state index contributed by atoms with van der Waals surface area (Å²) in [5, 5.41) is 4.50. The van der Waals surface area contributed by atoms with Crippen molar-refractivity contribution in [1.29, 1.82) is 0 Å². The van der Waals surface area contributed by atoms with Gasteiger partial charge in [-0.3, -0.25) is 19.3 Å². The molecule has 1 atom stereocenters. The summed E-state index contributed by atoms with van der Waals surface area (Å²) in [6.45, 7) is 3.03. The maximum atomic E-state index is 13.1. The van der Waals surface area contributed by atoms with Crippen molar-refractivity contribution in [2.24, 2.45) is 7.05 Å². The van der Waals surface area contributed by atoms with Crippen LogP contribution < -0.4 is 0 Å². The number of fused-ring (bicyclic) bond motifs is 1. The van der Waals surface area contributed by atoms with E-state index in [1.807, 2.05) is 18.1 Å². The molecule has 8 heteroatoms. The van der Waals surface area contributed by atoms with Gasteiger partial charge in [-0.1, -0.05) is 0 Å². The van der Waals surface area contributed by atoms with Crippen LogP contribution >= 0.6 is 0 Å². The number of morpholine rings is 1. The van der Waals surface area contributed by atoms with Crippen molar-refractivity contribution in [1.82, 2.24) is 24.6 Å². The Labute approximate surface area is 151 Å². The van der Waals surface area contributed by atoms with Crippen molar-refractivity contribution in [3.63, 3.8) is 0 Å². The molecule has 8 nitrogen and oxygen atoms in total. The second kappa shape index (κ2) is 6.87. The van der Waals surface area contributed by atoms with Crippen molar-refractivity contribution in [3.05, 3.63) is 47.5 Å². The van der Waals surface area contributed by atoms with Crippen molar-refractivity contribution in [2.45, 2.75) is 12.5 Å². The van der Waals surface area contributed by atoms with Gasteiger partial charge in [0.05, 0.1) is 24.5 Å². The molecule has 0 aliphatic carbocycles. The zero-order chi connectivity index (χ0) is 18.1. The van der Waals surface area contributed by atoms with Crippen LogP contribution in [0.5, 0.6) is 0 Å². The number of aromatic nitrogens is 3. The van der Waals surface area contributed by atoms with Crippen LogP contribution in [0.1, 0.15) is 27.5 Å². The van der Waals surface area contributed by atoms with E-state index in [1.54, 1.807) is 34.1 Å². The molecule has 0 aromatic carbocycles. The number of hydrogen-bond donors (Lipinski definition) is 0. The Bertz CT molecular complexity index is 813. The zero-order valence-electron chi connectivity index (χ0n) is 14.7. The largest absolute Gasteiger partial charge is 0.378 e. The molecule has 2 aliphatic rings. The van der Waals surface area contributed by atoms with Crippen molar-refractivity contribution >= 4 is 11.8 Å². The van der Waals surface area contributed by atoms with Crippen LogP contribution in [0.3, 0.4) is 0 Å². The first-order valence-electron chi connectivity index (χ1n) is 8.71. The van der Waals surface area contributed by atoms with Gasteiger partial charge in [-0.25, -0.2) is 0 Å². The van der Waals surface area contributed by atoms with E-state index < -0.39 is 5.92 Å². The molecular formula is C18H21N5O3. The van der Waals surface area contributed by atoms with E-state index in [4.69, 9.17) is 4.74 Å². The van der Waals surface area contributed by atoms with Gasteiger partial charge in [0.15, 0.2) is 0 Å². The minimum absolute atomic E-state index is 0.0111. The molecular weight excluding hydrogens is 334 g/mol. The van der Waals surface area contributed by atoms with E-state index in [0.717, 1.165) is 11.3 Å². The van der Waals surface area contributed by atoms with Crippen LogP contribution in [-0.2, 0) is 23.1 Å². The van der Waals surface area contributed by atoms with Crippen LogP contribution in [-0.4, -0.2) is 69.2 Å². The molecule has 0 bridgehead atoms. The van der Waals surface area contributed by atoms with Crippen LogP contribution in [0.25, 0.3) is 0 Å². The van der Waals surface area contributed by atoms with Crippen molar-refractivity contribution in [3.8, 4) is 0 Å². The summed E-state index contributed by atoms with van der Waals surface area (Å²) in [4.78, 5) is 33.5. The first kappa shape index (κ1) is 16.7. The fourth-order valence-electron chi connectivity index (χ4n) is 3.57. The predicted molar refractivity (Wildman–Crippen MR) is 92.3 cm³/mol. The Morgan fingerprint density at radius 2 is 2.04 bits per heavy atom. The van der Waals surface area contributed by atoms with Gasteiger partial charge in [-0.15, -0.1) is 0 Å². The number of nitrogens with zero attached hydrogens (tertiary/aromatic N) is 5. The van der Waals surface area contributed by atoms with E-state index in [-0.39, 0.29) is 11.8 Å². The second-order valence-electron chi connectivity index (χ2n) is 6.63. The van der Waals surface area contributed by atoms with E-state index in [0.29, 0.717) is 45.0 Å². The first-order valence-corrected chi connectivity index (χ1v) is 8.71. The van der Waals surface area contributed by atoms with E-state index >= 15 is 0 Å². The van der Waals surface area contributed by atoms with Gasteiger partial charge in [0.2, 0.25) is 5.91 Å². The molecule has 1 fully saturated rings. The maximum absolute atomic E-state index is 13.1. The maximum Gasteiger partial charge on any atom is 0.255 e. The van der Waals surface area contributed by atoms with Gasteiger partial charge in [0.25, 0.3) is 5.91 Å². The number of ether oxygens (including phenoxy) is 1. The Balaban J connectivity index is 1.62. The fourth-order valence-corrected chi connectivity index (χ4v) is 3.57. The number of hydrogen-bond acceptors (Lipinski definition) is 5. The van der Waals surface area contributed by atoms with E-state index in [2.05, 4.69) is 10.1 Å². The van der Waals surface area contributed by atoms with Crippen LogP contribution in [0.15, 0.2) is 30.7 Å². The number of rotatable bonds is 2. The zero-order valence-corrected chi connectivity index (χ0v) is 14.7. The summed E-state index contributed by atoms with van der Waals surface area (Å²) in [6.07, 6.45) is 5.08. The monoisotopic (exact) mass is 355 g/mol. The number of pyridine rings is 1. The Morgan fingerprint density at radius 3 is 2.77 bits per heavy atom. The molecule has 0 unspecified atom stereocenters. The smallest absolute Gasteiger partial charge is 0.255 e. The second-order valence-corrected chi connectivity index (χ2v) is 6.63. The van der Waals surface area contributed by atoms with Crippen LogP contribution in [0.2, 0.25) is 0 Å². The molecule has 0 N–H and O–H groups in total. The van der Waals surface area contributed by atoms with E-state index in [9.17, 15) is 9.59 Å². The minimum atomic E-state index is -0.446. The highest BCUT2D eigenvalue weighted by atomic mass is 16.5. The fraction of sp³-hybridized carbons (Fsp3) is 0.444. The van der Waals surface area contributed by atoms with Crippen molar-refractivity contribution < 1.29 is 14.3 Å². The lowest BCUT2D eigenvalue weighted by molar-refractivity contribution is -0.137. The van der Waals surface area contributed by atoms with E-state index in [1.165, 1.54) is 0 Å². The van der Waals surface area contributed by atoms with Gasteiger partial charge in [-0.2, -0.15) is 5.10 Å². The lowest BCUT2D eigenvalue weighted by atomic mass is 9.94. The van der Waals surface area contributed by atoms with Crippen molar-refractivity contribution in [2.75, 3.05) is 32.8 Å². The Morgan fingerprint density at radius 1 is 1.23 bits per heavy atom. The number of carbonyl (C=O) groups is 2. The molecule has 0 spiro atoms. The number of amides is 2. The molecule has 2 amide bonds. The average Bonchev–Trinajstić information content (AvgIpc) is 3.07. The highest BCUT2D eigenvalue weighted by molar-refractivity contribution is 5.95. The highest BCUT2D eigenvalue weighted by Gasteiger charge is 2.37. The standard InChI is InChI=1S/C18H21N5O3/c1-21-10-14-11-23(17(24)13-3-2-4-19-9-13)12-15(16(14)20-21)18(25)22-5-7-26-8-6-22/h2-4,9-10,15H,5-8,11-12H2,1H3/t15-/m1/s1. The molecule has 0 saturated carbocycles. The van der Waals surface area contributed by atoms with Gasteiger partial charge in [0, 0.05) is 57.4 Å².